The molecule has 0 spiro atoms. The van der Waals surface area contributed by atoms with Gasteiger partial charge in [-0.1, -0.05) is 0 Å². The van der Waals surface area contributed by atoms with Gasteiger partial charge in [-0.3, -0.25) is 0 Å². The first-order chi connectivity index (χ1) is 11.6. The lowest BCUT2D eigenvalue weighted by Gasteiger charge is -2.34. The second kappa shape index (κ2) is 5.90. The normalized spacial score (nSPS) is 11.8. The Bertz CT molecular complexity index is 835. The van der Waals surface area contributed by atoms with Crippen molar-refractivity contribution in [3.05, 3.63) is 50.9 Å². The summed E-state index contributed by atoms with van der Waals surface area (Å²) in [6.45, 7) is 18.8. The van der Waals surface area contributed by atoms with E-state index in [1.54, 1.807) is 0 Å². The van der Waals surface area contributed by atoms with Gasteiger partial charge in [0.25, 0.3) is 7.12 Å². The number of rotatable bonds is 3. The molecule has 3 aromatic rings. The van der Waals surface area contributed by atoms with Crippen molar-refractivity contribution < 1.29 is 0 Å². The maximum atomic E-state index is 4.82. The van der Waals surface area contributed by atoms with Crippen LogP contribution >= 0.6 is 0 Å². The third-order valence-electron chi connectivity index (χ3n) is 5.72. The molecule has 3 heterocycles. The first-order valence-electron chi connectivity index (χ1n) is 8.72. The maximum Gasteiger partial charge on any atom is 0.261 e. The second-order valence-corrected chi connectivity index (χ2v) is 7.07. The molecule has 0 bridgehead atoms. The smallest absolute Gasteiger partial charge is 0.261 e. The Labute approximate surface area is 150 Å². The summed E-state index contributed by atoms with van der Waals surface area (Å²) in [7, 11) is -0.243. The standard InChI is InChI=1S/C18H27BN6/c1-10-13(4)20-23(16(10)7)19(24-17(8)11(2)14(5)21-24)25-18(9)12(3)15(6)22-25/h1-9H3/q-1. The fourth-order valence-electron chi connectivity index (χ4n) is 3.22. The van der Waals surface area contributed by atoms with E-state index >= 15 is 0 Å². The molecule has 3 aromatic heterocycles. The van der Waals surface area contributed by atoms with Crippen LogP contribution in [0.25, 0.3) is 0 Å². The molecule has 133 valence electrons. The van der Waals surface area contributed by atoms with Crippen molar-refractivity contribution in [3.8, 4) is 0 Å². The lowest BCUT2D eigenvalue weighted by atomic mass is 9.92. The van der Waals surface area contributed by atoms with Gasteiger partial charge in [-0.25, -0.2) is 15.3 Å². The monoisotopic (exact) mass is 338 g/mol. The zero-order valence-corrected chi connectivity index (χ0v) is 16.8. The molecule has 0 unspecified atom stereocenters. The summed E-state index contributed by atoms with van der Waals surface area (Å²) >= 11 is 0. The Balaban J connectivity index is 2.34. The van der Waals surface area contributed by atoms with Crippen molar-refractivity contribution in [3.63, 3.8) is 0 Å². The molecule has 0 saturated heterocycles. The fourth-order valence-corrected chi connectivity index (χ4v) is 3.22. The molecule has 25 heavy (non-hydrogen) atoms. The minimum atomic E-state index is -0.243. The molecule has 0 aliphatic heterocycles. The average Bonchev–Trinajstić information content (AvgIpc) is 3.08. The van der Waals surface area contributed by atoms with Gasteiger partial charge in [0.15, 0.2) is 0 Å². The predicted molar refractivity (Wildman–Crippen MR) is 101 cm³/mol. The highest BCUT2D eigenvalue weighted by Crippen LogP contribution is 2.19. The van der Waals surface area contributed by atoms with E-state index in [4.69, 9.17) is 15.3 Å². The van der Waals surface area contributed by atoms with Crippen LogP contribution in [0.4, 0.5) is 0 Å². The molecule has 0 saturated carbocycles. The summed E-state index contributed by atoms with van der Waals surface area (Å²) in [6, 6.07) is 0. The molecule has 7 heteroatoms. The quantitative estimate of drug-likeness (QED) is 0.690. The molecule has 0 aromatic carbocycles. The third-order valence-corrected chi connectivity index (χ3v) is 5.72. The van der Waals surface area contributed by atoms with Gasteiger partial charge in [0.05, 0.1) is 17.1 Å². The Morgan fingerprint density at radius 2 is 0.720 bits per heavy atom. The maximum absolute atomic E-state index is 4.82. The van der Waals surface area contributed by atoms with E-state index in [0.29, 0.717) is 0 Å². The van der Waals surface area contributed by atoms with Gasteiger partial charge in [0.1, 0.15) is 0 Å². The Morgan fingerprint density at radius 3 is 0.880 bits per heavy atom. The number of aromatic nitrogens is 6. The van der Waals surface area contributed by atoms with Gasteiger partial charge >= 0.3 is 0 Å². The minimum absolute atomic E-state index is 0.243. The first-order valence-corrected chi connectivity index (χ1v) is 8.72. The summed E-state index contributed by atoms with van der Waals surface area (Å²) in [6.07, 6.45) is 0. The van der Waals surface area contributed by atoms with Crippen LogP contribution in [-0.2, 0) is 0 Å². The number of aryl methyl sites for hydroxylation is 3. The molecule has 0 N–H and O–H groups in total. The van der Waals surface area contributed by atoms with Crippen molar-refractivity contribution >= 4 is 7.12 Å². The Hall–Kier alpha value is -2.31. The molecule has 1 radical (unpaired) electrons. The van der Waals surface area contributed by atoms with Gasteiger partial charge in [0, 0.05) is 0 Å². The van der Waals surface area contributed by atoms with E-state index in [9.17, 15) is 0 Å². The van der Waals surface area contributed by atoms with Crippen LogP contribution < -0.4 is 0 Å². The molecule has 3 rings (SSSR count). The third kappa shape index (κ3) is 2.53. The fraction of sp³-hybridized carbons (Fsp3) is 0.500. The van der Waals surface area contributed by atoms with Crippen molar-refractivity contribution in [1.29, 1.82) is 0 Å². The molecule has 0 aliphatic carbocycles. The molecule has 0 amide bonds. The SMILES string of the molecule is Cc1nn([B-](n2nc(C)c(C)c2C)n2nc(C)c(C)c2C)c(C)c1C. The van der Waals surface area contributed by atoms with Crippen LogP contribution in [0, 0.1) is 62.3 Å². The minimum Gasteiger partial charge on any atom is -0.422 e. The van der Waals surface area contributed by atoms with Crippen LogP contribution in [0.2, 0.25) is 0 Å². The van der Waals surface area contributed by atoms with Crippen LogP contribution in [0.5, 0.6) is 0 Å². The summed E-state index contributed by atoms with van der Waals surface area (Å²) in [5, 5.41) is 14.5. The van der Waals surface area contributed by atoms with Crippen LogP contribution in [-0.4, -0.2) is 36.2 Å². The van der Waals surface area contributed by atoms with Crippen molar-refractivity contribution in [2.24, 2.45) is 0 Å². The molecular weight excluding hydrogens is 311 g/mol. The van der Waals surface area contributed by atoms with Crippen LogP contribution in [0.3, 0.4) is 0 Å². The van der Waals surface area contributed by atoms with E-state index in [1.165, 1.54) is 16.7 Å². The number of hydrogen-bond acceptors (Lipinski definition) is 3. The first kappa shape index (κ1) is 17.5. The topological polar surface area (TPSA) is 53.5 Å². The van der Waals surface area contributed by atoms with E-state index in [2.05, 4.69) is 62.3 Å². The van der Waals surface area contributed by atoms with Gasteiger partial charge in [-0.05, 0) is 96.1 Å². The highest BCUT2D eigenvalue weighted by Gasteiger charge is 2.20. The van der Waals surface area contributed by atoms with Gasteiger partial charge in [-0.15, -0.1) is 0 Å². The summed E-state index contributed by atoms with van der Waals surface area (Å²) in [5.74, 6) is 0. The number of nitrogens with zero attached hydrogens (tertiary/aromatic N) is 6. The van der Waals surface area contributed by atoms with Crippen molar-refractivity contribution in [1.82, 2.24) is 29.1 Å². The van der Waals surface area contributed by atoms with Crippen LogP contribution in [0.15, 0.2) is 0 Å². The van der Waals surface area contributed by atoms with Crippen LogP contribution in [0.1, 0.15) is 50.9 Å². The van der Waals surface area contributed by atoms with Crippen molar-refractivity contribution in [2.75, 3.05) is 0 Å². The summed E-state index contributed by atoms with van der Waals surface area (Å²) < 4.78 is 6.13. The highest BCUT2D eigenvalue weighted by molar-refractivity contribution is 6.53. The lowest BCUT2D eigenvalue weighted by molar-refractivity contribution is 0.729. The van der Waals surface area contributed by atoms with E-state index in [0.717, 1.165) is 34.2 Å². The molecule has 6 nitrogen and oxygen atoms in total. The van der Waals surface area contributed by atoms with Gasteiger partial charge in [-0.2, -0.15) is 0 Å². The molecular formula is C18H27BN6-. The lowest BCUT2D eigenvalue weighted by Crippen LogP contribution is -2.45. The molecule has 0 fully saturated rings. The second-order valence-electron chi connectivity index (χ2n) is 7.07. The van der Waals surface area contributed by atoms with E-state index < -0.39 is 0 Å². The largest absolute Gasteiger partial charge is 0.422 e. The number of hydrogen-bond donors (Lipinski definition) is 0. The summed E-state index contributed by atoms with van der Waals surface area (Å²) in [4.78, 5) is 0. The highest BCUT2D eigenvalue weighted by atomic mass is 15.5. The molecule has 0 atom stereocenters. The molecule has 0 aliphatic rings. The zero-order valence-electron chi connectivity index (χ0n) is 16.8. The van der Waals surface area contributed by atoms with Gasteiger partial charge < -0.3 is 13.8 Å². The van der Waals surface area contributed by atoms with Gasteiger partial charge in [0.2, 0.25) is 0 Å². The van der Waals surface area contributed by atoms with E-state index in [-0.39, 0.29) is 7.12 Å². The summed E-state index contributed by atoms with van der Waals surface area (Å²) in [5.41, 5.74) is 10.2. The average molecular weight is 338 g/mol. The Morgan fingerprint density at radius 1 is 0.480 bits per heavy atom. The predicted octanol–water partition coefficient (Wildman–Crippen LogP) is 2.98. The van der Waals surface area contributed by atoms with E-state index in [1.807, 2.05) is 13.8 Å². The Kier molecular flexibility index (Phi) is 4.13. The zero-order chi connectivity index (χ0) is 18.6. The van der Waals surface area contributed by atoms with Crippen molar-refractivity contribution in [2.45, 2.75) is 62.3 Å².